The van der Waals surface area contributed by atoms with Crippen molar-refractivity contribution in [3.8, 4) is 11.8 Å². The van der Waals surface area contributed by atoms with Crippen LogP contribution in [0.2, 0.25) is 0 Å². The Hall–Kier alpha value is -3.31. The van der Waals surface area contributed by atoms with Crippen molar-refractivity contribution in [1.82, 2.24) is 5.32 Å². The van der Waals surface area contributed by atoms with Crippen molar-refractivity contribution >= 4 is 36.1 Å². The highest BCUT2D eigenvalue weighted by Gasteiger charge is 2.19. The Morgan fingerprint density at radius 3 is 2.67 bits per heavy atom. The normalized spacial score (nSPS) is 14.0. The molecule has 1 aliphatic rings. The molecule has 0 saturated heterocycles. The number of nitrogens with one attached hydrogen (secondary N) is 2. The first-order chi connectivity index (χ1) is 15.8. The fourth-order valence-electron chi connectivity index (χ4n) is 3.27. The number of aryl methyl sites for hydroxylation is 2. The first kappa shape index (κ1) is 24.3. The Morgan fingerprint density at radius 2 is 2.03 bits per heavy atom. The zero-order valence-electron chi connectivity index (χ0n) is 19.6. The van der Waals surface area contributed by atoms with E-state index >= 15 is 0 Å². The van der Waals surface area contributed by atoms with Gasteiger partial charge in [-0.25, -0.2) is 4.99 Å². The van der Waals surface area contributed by atoms with E-state index in [9.17, 15) is 5.26 Å². The van der Waals surface area contributed by atoms with Gasteiger partial charge in [-0.15, -0.1) is 0 Å². The molecule has 172 valence electrons. The number of aliphatic imine (C=N–C) groups is 2. The molecule has 2 aromatic carbocycles. The van der Waals surface area contributed by atoms with Crippen LogP contribution in [0.25, 0.3) is 0 Å². The summed E-state index contributed by atoms with van der Waals surface area (Å²) in [6.45, 7) is 13.3. The third kappa shape index (κ3) is 6.36. The van der Waals surface area contributed by atoms with Gasteiger partial charge < -0.3 is 15.4 Å². The molecule has 0 fully saturated rings. The summed E-state index contributed by atoms with van der Waals surface area (Å²) in [5.74, 6) is 2.50. The van der Waals surface area contributed by atoms with Crippen LogP contribution in [-0.2, 0) is 5.41 Å². The highest BCUT2D eigenvalue weighted by molar-refractivity contribution is 7.98. The van der Waals surface area contributed by atoms with Gasteiger partial charge in [0.2, 0.25) is 0 Å². The molecule has 0 atom stereocenters. The van der Waals surface area contributed by atoms with Crippen molar-refractivity contribution in [2.45, 2.75) is 39.5 Å². The van der Waals surface area contributed by atoms with E-state index in [1.807, 2.05) is 58.0 Å². The van der Waals surface area contributed by atoms with E-state index in [0.717, 1.165) is 59.2 Å². The molecule has 7 nitrogen and oxygen atoms in total. The van der Waals surface area contributed by atoms with Crippen LogP contribution in [0.1, 0.15) is 42.5 Å². The molecule has 0 unspecified atom stereocenters. The number of nitrogens with zero attached hydrogens (tertiary/aromatic N) is 4. The minimum atomic E-state index is -0.540. The third-order valence-electron chi connectivity index (χ3n) is 5.38. The number of hydrogen-bond acceptors (Lipinski definition) is 7. The summed E-state index contributed by atoms with van der Waals surface area (Å²) in [5, 5.41) is 15.9. The zero-order chi connectivity index (χ0) is 23.8. The van der Waals surface area contributed by atoms with Gasteiger partial charge >= 0.3 is 0 Å². The molecule has 8 heteroatoms. The first-order valence-corrected chi connectivity index (χ1v) is 11.8. The van der Waals surface area contributed by atoms with Crippen LogP contribution in [0, 0.1) is 25.2 Å². The van der Waals surface area contributed by atoms with Crippen LogP contribution in [0.15, 0.2) is 50.8 Å². The molecular formula is C25H30N6OS. The van der Waals surface area contributed by atoms with Gasteiger partial charge in [-0.05, 0) is 69.7 Å². The SMILES string of the molecule is C=N/C(=N\SCOc1cc(C)c(NC2=NCCCN2)cc1C)c1ccc(C(C)(C)C#N)cc1. The van der Waals surface area contributed by atoms with E-state index in [1.54, 1.807) is 0 Å². The van der Waals surface area contributed by atoms with E-state index in [4.69, 9.17) is 4.74 Å². The smallest absolute Gasteiger partial charge is 0.195 e. The van der Waals surface area contributed by atoms with Crippen LogP contribution in [0.3, 0.4) is 0 Å². The fourth-order valence-corrected chi connectivity index (χ4v) is 3.79. The minimum absolute atomic E-state index is 0.347. The highest BCUT2D eigenvalue weighted by Crippen LogP contribution is 2.27. The number of amidine groups is 1. The monoisotopic (exact) mass is 462 g/mol. The van der Waals surface area contributed by atoms with Crippen LogP contribution >= 0.6 is 11.9 Å². The van der Waals surface area contributed by atoms with Gasteiger partial charge in [-0.1, -0.05) is 24.3 Å². The zero-order valence-corrected chi connectivity index (χ0v) is 20.4. The summed E-state index contributed by atoms with van der Waals surface area (Å²) in [6, 6.07) is 14.1. The lowest BCUT2D eigenvalue weighted by molar-refractivity contribution is 0.390. The van der Waals surface area contributed by atoms with Crippen LogP contribution in [0.4, 0.5) is 5.69 Å². The van der Waals surface area contributed by atoms with Gasteiger partial charge in [-0.2, -0.15) is 9.66 Å². The average Bonchev–Trinajstić information content (AvgIpc) is 2.83. The number of anilines is 1. The predicted octanol–water partition coefficient (Wildman–Crippen LogP) is 5.00. The summed E-state index contributed by atoms with van der Waals surface area (Å²) in [4.78, 5) is 8.51. The number of rotatable bonds is 7. The lowest BCUT2D eigenvalue weighted by Crippen LogP contribution is -2.35. The van der Waals surface area contributed by atoms with Gasteiger partial charge in [-0.3, -0.25) is 4.99 Å². The molecule has 0 aromatic heterocycles. The lowest BCUT2D eigenvalue weighted by Gasteiger charge is -2.18. The van der Waals surface area contributed by atoms with Crippen LogP contribution < -0.4 is 15.4 Å². The van der Waals surface area contributed by atoms with Crippen LogP contribution in [0.5, 0.6) is 5.75 Å². The molecule has 2 aromatic rings. The van der Waals surface area contributed by atoms with Crippen molar-refractivity contribution < 1.29 is 4.74 Å². The summed E-state index contributed by atoms with van der Waals surface area (Å²) in [6.07, 6.45) is 1.06. The topological polar surface area (TPSA) is 94.2 Å². The van der Waals surface area contributed by atoms with E-state index in [2.05, 4.69) is 43.9 Å². The van der Waals surface area contributed by atoms with E-state index in [1.165, 1.54) is 11.9 Å². The van der Waals surface area contributed by atoms with Crippen molar-refractivity contribution in [3.05, 3.63) is 58.7 Å². The molecule has 0 aliphatic carbocycles. The van der Waals surface area contributed by atoms with Gasteiger partial charge in [0.15, 0.2) is 17.7 Å². The van der Waals surface area contributed by atoms with E-state index in [-0.39, 0.29) is 0 Å². The Balaban J connectivity index is 1.61. The summed E-state index contributed by atoms with van der Waals surface area (Å²) >= 11 is 1.27. The minimum Gasteiger partial charge on any atom is -0.481 e. The lowest BCUT2D eigenvalue weighted by atomic mass is 9.86. The van der Waals surface area contributed by atoms with Gasteiger partial charge in [0.05, 0.1) is 11.5 Å². The van der Waals surface area contributed by atoms with Crippen LogP contribution in [-0.4, -0.2) is 37.5 Å². The molecule has 0 spiro atoms. The molecule has 2 N–H and O–H groups in total. The van der Waals surface area contributed by atoms with Gasteiger partial charge in [0.1, 0.15) is 5.75 Å². The Kier molecular flexibility index (Phi) is 8.12. The van der Waals surface area contributed by atoms with Crippen molar-refractivity contribution in [3.63, 3.8) is 0 Å². The standard InChI is InChI=1S/C25H30N6OS/c1-17-14-22(18(2)13-21(17)30-24-28-11-6-12-29-24)32-16-33-31-23(27-5)19-7-9-20(10-8-19)25(3,4)15-26/h7-10,13-14H,5-6,11-12,16H2,1-4H3,(H2,28,29,30)/b31-23-. The van der Waals surface area contributed by atoms with Crippen molar-refractivity contribution in [2.75, 3.05) is 24.3 Å². The highest BCUT2D eigenvalue weighted by atomic mass is 32.2. The maximum Gasteiger partial charge on any atom is 0.195 e. The molecule has 0 amide bonds. The second kappa shape index (κ2) is 11.0. The van der Waals surface area contributed by atoms with Crippen molar-refractivity contribution in [2.24, 2.45) is 14.4 Å². The number of nitriles is 1. The molecule has 0 bridgehead atoms. The Labute approximate surface area is 200 Å². The average molecular weight is 463 g/mol. The third-order valence-corrected chi connectivity index (χ3v) is 5.91. The summed E-state index contributed by atoms with van der Waals surface area (Å²) in [5.41, 5.74) is 4.37. The second-order valence-corrected chi connectivity index (χ2v) is 9.02. The van der Waals surface area contributed by atoms with Gasteiger partial charge in [0, 0.05) is 36.3 Å². The quantitative estimate of drug-likeness (QED) is 0.199. The predicted molar refractivity (Wildman–Crippen MR) is 139 cm³/mol. The number of hydrogen-bond donors (Lipinski definition) is 2. The second-order valence-electron chi connectivity index (χ2n) is 8.35. The summed E-state index contributed by atoms with van der Waals surface area (Å²) in [7, 11) is 0. The molecule has 0 radical (unpaired) electrons. The Bertz CT molecular complexity index is 1100. The maximum absolute atomic E-state index is 9.30. The van der Waals surface area contributed by atoms with Crippen molar-refractivity contribution in [1.29, 1.82) is 5.26 Å². The number of ether oxygens (including phenoxy) is 1. The first-order valence-electron chi connectivity index (χ1n) is 10.8. The maximum atomic E-state index is 9.30. The number of benzene rings is 2. The summed E-state index contributed by atoms with van der Waals surface area (Å²) < 4.78 is 10.4. The molecule has 3 rings (SSSR count). The Morgan fingerprint density at radius 1 is 1.27 bits per heavy atom. The largest absolute Gasteiger partial charge is 0.481 e. The van der Waals surface area contributed by atoms with Gasteiger partial charge in [0.25, 0.3) is 0 Å². The molecule has 0 saturated carbocycles. The van der Waals surface area contributed by atoms with E-state index < -0.39 is 5.41 Å². The molecular weight excluding hydrogens is 432 g/mol. The molecule has 1 aliphatic heterocycles. The fraction of sp³-hybridized carbons (Fsp3) is 0.360. The number of guanidine groups is 1. The molecule has 33 heavy (non-hydrogen) atoms. The molecule has 1 heterocycles. The van der Waals surface area contributed by atoms with E-state index in [0.29, 0.717) is 11.8 Å².